The Bertz CT molecular complexity index is 148. The highest BCUT2D eigenvalue weighted by atomic mass is 15.2. The average molecular weight is 184 g/mol. The van der Waals surface area contributed by atoms with Crippen LogP contribution in [0.1, 0.15) is 41.0 Å². The van der Waals surface area contributed by atoms with Gasteiger partial charge in [-0.25, -0.2) is 4.99 Å². The van der Waals surface area contributed by atoms with Gasteiger partial charge in [-0.2, -0.15) is 0 Å². The van der Waals surface area contributed by atoms with E-state index in [4.69, 9.17) is 0 Å². The first-order chi connectivity index (χ1) is 6.30. The number of hydrogen-bond acceptors (Lipinski definition) is 2. The van der Waals surface area contributed by atoms with Gasteiger partial charge in [0, 0.05) is 19.8 Å². The molecule has 0 spiro atoms. The van der Waals surface area contributed by atoms with Crippen molar-refractivity contribution in [2.45, 2.75) is 41.0 Å². The van der Waals surface area contributed by atoms with Crippen molar-refractivity contribution in [1.82, 2.24) is 4.90 Å². The van der Waals surface area contributed by atoms with E-state index in [0.717, 1.165) is 18.8 Å². The summed E-state index contributed by atoms with van der Waals surface area (Å²) >= 11 is 0. The lowest BCUT2D eigenvalue weighted by molar-refractivity contribution is 0.514. The molecule has 0 saturated heterocycles. The lowest BCUT2D eigenvalue weighted by atomic mass is 10.4. The number of amidine groups is 1. The van der Waals surface area contributed by atoms with Crippen molar-refractivity contribution in [3.63, 3.8) is 0 Å². The molecule has 1 heterocycles. The lowest BCUT2D eigenvalue weighted by Crippen LogP contribution is -2.23. The van der Waals surface area contributed by atoms with Gasteiger partial charge >= 0.3 is 0 Å². The number of rotatable bonds is 0. The molecule has 1 aliphatic rings. The molecule has 0 aromatic rings. The van der Waals surface area contributed by atoms with Crippen LogP contribution in [-0.2, 0) is 0 Å². The molecule has 1 aliphatic heterocycles. The van der Waals surface area contributed by atoms with E-state index in [1.54, 1.807) is 0 Å². The van der Waals surface area contributed by atoms with Gasteiger partial charge in [0.15, 0.2) is 0 Å². The highest BCUT2D eigenvalue weighted by Gasteiger charge is 1.99. The number of nitrogens with zero attached hydrogens (tertiary/aromatic N) is 2. The summed E-state index contributed by atoms with van der Waals surface area (Å²) in [6.07, 6.45) is 5.07. The molecule has 0 atom stereocenters. The normalized spacial score (nSPS) is 14.3. The van der Waals surface area contributed by atoms with Crippen LogP contribution in [0.15, 0.2) is 17.3 Å². The fraction of sp³-hybridized carbons (Fsp3) is 0.727. The fourth-order valence-electron chi connectivity index (χ4n) is 0.764. The number of aliphatic imine (C=N–C) groups is 1. The molecule has 0 N–H and O–H groups in total. The van der Waals surface area contributed by atoms with E-state index in [1.807, 2.05) is 40.8 Å². The molecular weight excluding hydrogens is 160 g/mol. The minimum atomic E-state index is 1.09. The minimum absolute atomic E-state index is 1.09. The summed E-state index contributed by atoms with van der Waals surface area (Å²) < 4.78 is 0. The van der Waals surface area contributed by atoms with E-state index in [0.29, 0.717) is 0 Å². The van der Waals surface area contributed by atoms with Crippen molar-refractivity contribution in [3.05, 3.63) is 12.3 Å². The Morgan fingerprint density at radius 2 is 1.77 bits per heavy atom. The molecule has 13 heavy (non-hydrogen) atoms. The lowest BCUT2D eigenvalue weighted by Gasteiger charge is -2.14. The zero-order valence-corrected chi connectivity index (χ0v) is 9.96. The second-order valence-electron chi connectivity index (χ2n) is 2.27. The predicted molar refractivity (Wildman–Crippen MR) is 62.2 cm³/mol. The van der Waals surface area contributed by atoms with Gasteiger partial charge in [0.25, 0.3) is 0 Å². The summed E-state index contributed by atoms with van der Waals surface area (Å²) in [7, 11) is 2.06. The molecule has 0 aromatic carbocycles. The van der Waals surface area contributed by atoms with E-state index in [-0.39, 0.29) is 0 Å². The molecule has 0 radical (unpaired) electrons. The Balaban J connectivity index is 0. The summed E-state index contributed by atoms with van der Waals surface area (Å²) in [5, 5.41) is 0. The molecule has 0 unspecified atom stereocenters. The molecule has 0 saturated carbocycles. The smallest absolute Gasteiger partial charge is 0.101 e. The zero-order valence-electron chi connectivity index (χ0n) is 9.96. The summed E-state index contributed by atoms with van der Waals surface area (Å²) in [5.41, 5.74) is 0. The molecule has 0 bridgehead atoms. The molecule has 0 aliphatic carbocycles. The third kappa shape index (κ3) is 7.57. The van der Waals surface area contributed by atoms with Gasteiger partial charge < -0.3 is 4.90 Å². The van der Waals surface area contributed by atoms with Crippen molar-refractivity contribution in [2.24, 2.45) is 4.99 Å². The SMILES string of the molecule is CC.CC.CC1=NC=CCCN1C. The predicted octanol–water partition coefficient (Wildman–Crippen LogP) is 3.31. The molecule has 0 amide bonds. The number of hydrogen-bond donors (Lipinski definition) is 0. The van der Waals surface area contributed by atoms with Crippen LogP contribution in [0.25, 0.3) is 0 Å². The third-order valence-electron chi connectivity index (χ3n) is 1.55. The Labute approximate surface area is 83.4 Å². The first kappa shape index (κ1) is 14.7. The first-order valence-corrected chi connectivity index (χ1v) is 5.21. The van der Waals surface area contributed by atoms with Crippen molar-refractivity contribution in [2.75, 3.05) is 13.6 Å². The van der Waals surface area contributed by atoms with E-state index < -0.39 is 0 Å². The van der Waals surface area contributed by atoms with Crippen LogP contribution in [0.5, 0.6) is 0 Å². The second kappa shape index (κ2) is 11.2. The Kier molecular flexibility index (Phi) is 12.7. The zero-order chi connectivity index (χ0) is 10.7. The topological polar surface area (TPSA) is 15.6 Å². The molecule has 0 fully saturated rings. The van der Waals surface area contributed by atoms with E-state index in [1.165, 1.54) is 0 Å². The highest BCUT2D eigenvalue weighted by Crippen LogP contribution is 1.97. The highest BCUT2D eigenvalue weighted by molar-refractivity contribution is 5.80. The maximum atomic E-state index is 4.17. The van der Waals surface area contributed by atoms with Gasteiger partial charge in [0.2, 0.25) is 0 Å². The molecule has 0 aromatic heterocycles. The van der Waals surface area contributed by atoms with Crippen molar-refractivity contribution in [3.8, 4) is 0 Å². The van der Waals surface area contributed by atoms with Crippen molar-refractivity contribution in [1.29, 1.82) is 0 Å². The average Bonchev–Trinajstić information content (AvgIpc) is 2.39. The maximum absolute atomic E-state index is 4.17. The summed E-state index contributed by atoms with van der Waals surface area (Å²) in [6.45, 7) is 11.1. The summed E-state index contributed by atoms with van der Waals surface area (Å²) in [6, 6.07) is 0. The standard InChI is InChI=1S/C7H12N2.2C2H6/c1-7-8-5-3-4-6-9(7)2;2*1-2/h3,5H,4,6H2,1-2H3;2*1-2H3. The molecular formula is C11H24N2. The van der Waals surface area contributed by atoms with Gasteiger partial charge in [-0.15, -0.1) is 0 Å². The fourth-order valence-corrected chi connectivity index (χ4v) is 0.764. The quantitative estimate of drug-likeness (QED) is 0.564. The van der Waals surface area contributed by atoms with Gasteiger partial charge in [0.05, 0.1) is 0 Å². The van der Waals surface area contributed by atoms with Crippen LogP contribution in [0.4, 0.5) is 0 Å². The van der Waals surface area contributed by atoms with Crippen LogP contribution >= 0.6 is 0 Å². The van der Waals surface area contributed by atoms with Crippen LogP contribution in [0, 0.1) is 0 Å². The molecule has 78 valence electrons. The summed E-state index contributed by atoms with van der Waals surface area (Å²) in [4.78, 5) is 6.32. The Morgan fingerprint density at radius 1 is 1.23 bits per heavy atom. The molecule has 2 heteroatoms. The van der Waals surface area contributed by atoms with Gasteiger partial charge in [-0.3, -0.25) is 0 Å². The monoisotopic (exact) mass is 184 g/mol. The van der Waals surface area contributed by atoms with E-state index >= 15 is 0 Å². The van der Waals surface area contributed by atoms with Crippen molar-refractivity contribution >= 4 is 5.84 Å². The minimum Gasteiger partial charge on any atom is -0.363 e. The van der Waals surface area contributed by atoms with Crippen molar-refractivity contribution < 1.29 is 0 Å². The summed E-state index contributed by atoms with van der Waals surface area (Å²) in [5.74, 6) is 1.10. The first-order valence-electron chi connectivity index (χ1n) is 5.21. The van der Waals surface area contributed by atoms with Gasteiger partial charge in [-0.1, -0.05) is 33.8 Å². The maximum Gasteiger partial charge on any atom is 0.101 e. The van der Waals surface area contributed by atoms with Crippen LogP contribution in [0.3, 0.4) is 0 Å². The van der Waals surface area contributed by atoms with Crippen LogP contribution < -0.4 is 0 Å². The Morgan fingerprint density at radius 3 is 2.31 bits per heavy atom. The largest absolute Gasteiger partial charge is 0.363 e. The Hall–Kier alpha value is -0.790. The molecule has 1 rings (SSSR count). The van der Waals surface area contributed by atoms with E-state index in [2.05, 4.69) is 23.0 Å². The van der Waals surface area contributed by atoms with E-state index in [9.17, 15) is 0 Å². The van der Waals surface area contributed by atoms with Gasteiger partial charge in [-0.05, 0) is 13.3 Å². The third-order valence-corrected chi connectivity index (χ3v) is 1.55. The molecule has 2 nitrogen and oxygen atoms in total. The van der Waals surface area contributed by atoms with Gasteiger partial charge in [0.1, 0.15) is 5.84 Å². The second-order valence-corrected chi connectivity index (χ2v) is 2.27. The van der Waals surface area contributed by atoms with Crippen LogP contribution in [-0.4, -0.2) is 24.3 Å². The van der Waals surface area contributed by atoms with Crippen LogP contribution in [0.2, 0.25) is 0 Å².